The predicted octanol–water partition coefficient (Wildman–Crippen LogP) is 1.27. The van der Waals surface area contributed by atoms with E-state index in [0.29, 0.717) is 13.0 Å². The monoisotopic (exact) mass is 261 g/mol. The summed E-state index contributed by atoms with van der Waals surface area (Å²) in [7, 11) is 0. The van der Waals surface area contributed by atoms with Crippen molar-refractivity contribution in [2.45, 2.75) is 32.7 Å². The van der Waals surface area contributed by atoms with Crippen LogP contribution in [0.3, 0.4) is 0 Å². The fourth-order valence-electron chi connectivity index (χ4n) is 2.23. The van der Waals surface area contributed by atoms with E-state index in [9.17, 15) is 9.59 Å². The lowest BCUT2D eigenvalue weighted by Gasteiger charge is -2.15. The molecule has 0 aliphatic carbocycles. The smallest absolute Gasteiger partial charge is 0.241 e. The Morgan fingerprint density at radius 3 is 2.84 bits per heavy atom. The van der Waals surface area contributed by atoms with Gasteiger partial charge in [0.1, 0.15) is 0 Å². The summed E-state index contributed by atoms with van der Waals surface area (Å²) in [5.74, 6) is -0.132. The minimum absolute atomic E-state index is 0.0449. The van der Waals surface area contributed by atoms with Crippen LogP contribution in [0, 0.1) is 0 Å². The lowest BCUT2D eigenvalue weighted by atomic mass is 10.1. The van der Waals surface area contributed by atoms with E-state index in [1.807, 2.05) is 19.1 Å². The molecular formula is C14H19N3O2. The molecule has 2 rings (SSSR count). The van der Waals surface area contributed by atoms with Crippen molar-refractivity contribution in [1.29, 1.82) is 0 Å². The van der Waals surface area contributed by atoms with Crippen molar-refractivity contribution >= 4 is 23.2 Å². The van der Waals surface area contributed by atoms with Crippen LogP contribution in [0.1, 0.15) is 25.8 Å². The summed E-state index contributed by atoms with van der Waals surface area (Å²) in [6.45, 7) is 4.14. The van der Waals surface area contributed by atoms with Crippen molar-refractivity contribution in [2.75, 3.05) is 16.8 Å². The molecule has 2 amide bonds. The van der Waals surface area contributed by atoms with E-state index in [-0.39, 0.29) is 11.8 Å². The number of nitrogens with two attached hydrogens (primary N) is 1. The molecule has 1 aromatic carbocycles. The van der Waals surface area contributed by atoms with Crippen LogP contribution >= 0.6 is 0 Å². The fourth-order valence-corrected chi connectivity index (χ4v) is 2.23. The Hall–Kier alpha value is -1.88. The molecule has 0 saturated carbocycles. The second kappa shape index (κ2) is 5.40. The van der Waals surface area contributed by atoms with Crippen LogP contribution in [0.2, 0.25) is 0 Å². The largest absolute Gasteiger partial charge is 0.325 e. The maximum absolute atomic E-state index is 11.7. The van der Waals surface area contributed by atoms with Crippen LogP contribution in [0.4, 0.5) is 11.4 Å². The molecule has 1 aliphatic heterocycles. The molecule has 5 heteroatoms. The van der Waals surface area contributed by atoms with E-state index in [4.69, 9.17) is 5.73 Å². The number of fused-ring (bicyclic) bond motifs is 1. The number of nitrogens with zero attached hydrogens (tertiary/aromatic N) is 1. The maximum Gasteiger partial charge on any atom is 0.241 e. The number of nitrogens with one attached hydrogen (secondary N) is 1. The van der Waals surface area contributed by atoms with Gasteiger partial charge in [0.2, 0.25) is 11.8 Å². The summed E-state index contributed by atoms with van der Waals surface area (Å²) in [5.41, 5.74) is 8.43. The summed E-state index contributed by atoms with van der Waals surface area (Å²) in [6, 6.07) is 5.11. The normalized spacial score (nSPS) is 15.0. The molecule has 0 spiro atoms. The zero-order valence-electron chi connectivity index (χ0n) is 11.3. The molecule has 1 atom stereocenters. The molecule has 1 aliphatic rings. The number of carbonyl (C=O) groups is 2. The molecule has 3 N–H and O–H groups in total. The third kappa shape index (κ3) is 2.76. The van der Waals surface area contributed by atoms with E-state index in [1.54, 1.807) is 17.9 Å². The predicted molar refractivity (Wildman–Crippen MR) is 75.1 cm³/mol. The van der Waals surface area contributed by atoms with Gasteiger partial charge in [-0.25, -0.2) is 0 Å². The average Bonchev–Trinajstić information content (AvgIpc) is 2.80. The van der Waals surface area contributed by atoms with Gasteiger partial charge in [-0.05, 0) is 36.6 Å². The van der Waals surface area contributed by atoms with Crippen molar-refractivity contribution in [3.63, 3.8) is 0 Å². The lowest BCUT2D eigenvalue weighted by molar-refractivity contribution is -0.117. The minimum atomic E-state index is -0.484. The highest BCUT2D eigenvalue weighted by molar-refractivity contribution is 5.97. The van der Waals surface area contributed by atoms with E-state index in [0.717, 1.165) is 23.4 Å². The van der Waals surface area contributed by atoms with Gasteiger partial charge in [-0.15, -0.1) is 0 Å². The quantitative estimate of drug-likeness (QED) is 0.860. The zero-order chi connectivity index (χ0) is 14.0. The lowest BCUT2D eigenvalue weighted by Crippen LogP contribution is -2.34. The highest BCUT2D eigenvalue weighted by atomic mass is 16.2. The van der Waals surface area contributed by atoms with Gasteiger partial charge in [0.25, 0.3) is 0 Å². The molecule has 0 fully saturated rings. The van der Waals surface area contributed by atoms with Crippen LogP contribution in [-0.2, 0) is 16.0 Å². The van der Waals surface area contributed by atoms with E-state index in [1.165, 1.54) is 0 Å². The standard InChI is InChI=1S/C14H19N3O2/c1-3-12(15)14(19)16-11-4-5-13-10(8-11)6-7-17(13)9(2)18/h4-5,8,12H,3,6-7,15H2,1-2H3,(H,16,19)/t12-/m0/s1. The molecule has 0 bridgehead atoms. The van der Waals surface area contributed by atoms with Crippen molar-refractivity contribution in [3.8, 4) is 0 Å². The van der Waals surface area contributed by atoms with Crippen molar-refractivity contribution in [1.82, 2.24) is 0 Å². The number of hydrogen-bond acceptors (Lipinski definition) is 3. The van der Waals surface area contributed by atoms with Crippen LogP contribution in [0.15, 0.2) is 18.2 Å². The molecule has 1 heterocycles. The van der Waals surface area contributed by atoms with Crippen LogP contribution in [0.25, 0.3) is 0 Å². The molecule has 19 heavy (non-hydrogen) atoms. The Balaban J connectivity index is 2.15. The van der Waals surface area contributed by atoms with Crippen LogP contribution < -0.4 is 16.0 Å². The Morgan fingerprint density at radius 2 is 2.21 bits per heavy atom. The highest BCUT2D eigenvalue weighted by Gasteiger charge is 2.22. The van der Waals surface area contributed by atoms with Gasteiger partial charge in [0.15, 0.2) is 0 Å². The molecule has 1 aromatic rings. The number of benzene rings is 1. The van der Waals surface area contributed by atoms with Crippen LogP contribution in [0.5, 0.6) is 0 Å². The van der Waals surface area contributed by atoms with Crippen molar-refractivity contribution < 1.29 is 9.59 Å². The Labute approximate surface area is 112 Å². The maximum atomic E-state index is 11.7. The average molecular weight is 261 g/mol. The number of hydrogen-bond donors (Lipinski definition) is 2. The Morgan fingerprint density at radius 1 is 1.47 bits per heavy atom. The van der Waals surface area contributed by atoms with Gasteiger partial charge in [0.05, 0.1) is 6.04 Å². The first-order valence-electron chi connectivity index (χ1n) is 6.50. The topological polar surface area (TPSA) is 75.4 Å². The number of carbonyl (C=O) groups excluding carboxylic acids is 2. The molecule has 102 valence electrons. The van der Waals surface area contributed by atoms with Gasteiger partial charge in [0, 0.05) is 24.8 Å². The minimum Gasteiger partial charge on any atom is -0.325 e. The van der Waals surface area contributed by atoms with E-state index in [2.05, 4.69) is 5.32 Å². The molecule has 0 aromatic heterocycles. The van der Waals surface area contributed by atoms with Crippen molar-refractivity contribution in [2.24, 2.45) is 5.73 Å². The second-order valence-corrected chi connectivity index (χ2v) is 4.77. The van der Waals surface area contributed by atoms with Gasteiger partial charge < -0.3 is 16.0 Å². The Bertz CT molecular complexity index is 513. The first-order valence-corrected chi connectivity index (χ1v) is 6.50. The first kappa shape index (κ1) is 13.5. The molecule has 0 saturated heterocycles. The van der Waals surface area contributed by atoms with Crippen LogP contribution in [-0.4, -0.2) is 24.4 Å². The number of rotatable bonds is 3. The summed E-state index contributed by atoms with van der Waals surface area (Å²) >= 11 is 0. The summed E-state index contributed by atoms with van der Waals surface area (Å²) in [4.78, 5) is 24.9. The zero-order valence-corrected chi connectivity index (χ0v) is 11.3. The van der Waals surface area contributed by atoms with Gasteiger partial charge >= 0.3 is 0 Å². The third-order valence-electron chi connectivity index (χ3n) is 3.40. The third-order valence-corrected chi connectivity index (χ3v) is 3.40. The molecule has 0 unspecified atom stereocenters. The second-order valence-electron chi connectivity index (χ2n) is 4.77. The first-order chi connectivity index (χ1) is 9.02. The fraction of sp³-hybridized carbons (Fsp3) is 0.429. The molecule has 5 nitrogen and oxygen atoms in total. The van der Waals surface area contributed by atoms with Gasteiger partial charge in [-0.2, -0.15) is 0 Å². The van der Waals surface area contributed by atoms with Gasteiger partial charge in [-0.3, -0.25) is 9.59 Å². The summed E-state index contributed by atoms with van der Waals surface area (Å²) < 4.78 is 0. The summed E-state index contributed by atoms with van der Waals surface area (Å²) in [6.07, 6.45) is 1.42. The number of anilines is 2. The molecule has 0 radical (unpaired) electrons. The Kier molecular flexibility index (Phi) is 3.85. The van der Waals surface area contributed by atoms with E-state index < -0.39 is 6.04 Å². The SMILES string of the molecule is CC[C@H](N)C(=O)Nc1ccc2c(c1)CCN2C(C)=O. The van der Waals surface area contributed by atoms with E-state index >= 15 is 0 Å². The van der Waals surface area contributed by atoms with Crippen molar-refractivity contribution in [3.05, 3.63) is 23.8 Å². The van der Waals surface area contributed by atoms with Gasteiger partial charge in [-0.1, -0.05) is 6.92 Å². The molecular weight excluding hydrogens is 242 g/mol. The summed E-state index contributed by atoms with van der Waals surface area (Å²) in [5, 5.41) is 2.80. The number of amides is 2. The highest BCUT2D eigenvalue weighted by Crippen LogP contribution is 2.30.